The van der Waals surface area contributed by atoms with E-state index in [1.165, 1.54) is 6.07 Å². The van der Waals surface area contributed by atoms with Crippen LogP contribution < -0.4 is 5.32 Å². The average Bonchev–Trinajstić information content (AvgIpc) is 2.80. The standard InChI is InChI=1S/C13H14BrF2N3/c1-2-3-19-8-17-6-9(19)7-18-13-4-10(14)11(15)5-12(13)16/h4-6,8,18H,2-3,7H2,1H3. The smallest absolute Gasteiger partial charge is 0.149 e. The van der Waals surface area contributed by atoms with Gasteiger partial charge in [0.1, 0.15) is 11.6 Å². The zero-order valence-electron chi connectivity index (χ0n) is 10.5. The van der Waals surface area contributed by atoms with Crippen molar-refractivity contribution in [3.05, 3.63) is 46.5 Å². The highest BCUT2D eigenvalue weighted by molar-refractivity contribution is 9.10. The number of imidazole rings is 1. The monoisotopic (exact) mass is 329 g/mol. The molecular formula is C13H14BrF2N3. The minimum absolute atomic E-state index is 0.235. The Morgan fingerprint density at radius 1 is 1.32 bits per heavy atom. The molecule has 0 atom stereocenters. The maximum atomic E-state index is 13.6. The highest BCUT2D eigenvalue weighted by atomic mass is 79.9. The lowest BCUT2D eigenvalue weighted by Gasteiger charge is -2.10. The quantitative estimate of drug-likeness (QED) is 0.842. The van der Waals surface area contributed by atoms with Crippen LogP contribution >= 0.6 is 15.9 Å². The van der Waals surface area contributed by atoms with Crippen LogP contribution in [0.2, 0.25) is 0 Å². The van der Waals surface area contributed by atoms with Crippen LogP contribution in [0.5, 0.6) is 0 Å². The van der Waals surface area contributed by atoms with Crippen molar-refractivity contribution in [2.24, 2.45) is 0 Å². The SMILES string of the molecule is CCCn1cncc1CNc1cc(Br)c(F)cc1F. The Morgan fingerprint density at radius 2 is 2.11 bits per heavy atom. The zero-order chi connectivity index (χ0) is 13.8. The number of aryl methyl sites for hydroxylation is 1. The molecule has 1 aromatic carbocycles. The van der Waals surface area contributed by atoms with Gasteiger partial charge in [-0.25, -0.2) is 13.8 Å². The Balaban J connectivity index is 2.10. The van der Waals surface area contributed by atoms with Gasteiger partial charge in [-0.1, -0.05) is 6.92 Å². The largest absolute Gasteiger partial charge is 0.377 e. The first kappa shape index (κ1) is 14.0. The van der Waals surface area contributed by atoms with Crippen LogP contribution in [0.25, 0.3) is 0 Å². The van der Waals surface area contributed by atoms with Crippen molar-refractivity contribution < 1.29 is 8.78 Å². The predicted molar refractivity (Wildman–Crippen MR) is 73.9 cm³/mol. The van der Waals surface area contributed by atoms with Crippen molar-refractivity contribution in [1.29, 1.82) is 0 Å². The lowest BCUT2D eigenvalue weighted by molar-refractivity contribution is 0.580. The summed E-state index contributed by atoms with van der Waals surface area (Å²) in [6.07, 6.45) is 4.48. The van der Waals surface area contributed by atoms with E-state index in [4.69, 9.17) is 0 Å². The van der Waals surface area contributed by atoms with Gasteiger partial charge in [-0.05, 0) is 28.4 Å². The molecule has 0 radical (unpaired) electrons. The summed E-state index contributed by atoms with van der Waals surface area (Å²) >= 11 is 3.04. The van der Waals surface area contributed by atoms with Crippen LogP contribution in [0.3, 0.4) is 0 Å². The van der Waals surface area contributed by atoms with Crippen LogP contribution in [0.4, 0.5) is 14.5 Å². The lowest BCUT2D eigenvalue weighted by atomic mass is 10.3. The van der Waals surface area contributed by atoms with Crippen molar-refractivity contribution in [3.8, 4) is 0 Å². The molecule has 2 aromatic rings. The molecule has 0 fully saturated rings. The number of nitrogens with zero attached hydrogens (tertiary/aromatic N) is 2. The van der Waals surface area contributed by atoms with Gasteiger partial charge in [0.15, 0.2) is 0 Å². The molecule has 19 heavy (non-hydrogen) atoms. The highest BCUT2D eigenvalue weighted by Gasteiger charge is 2.09. The molecule has 1 N–H and O–H groups in total. The number of benzene rings is 1. The Morgan fingerprint density at radius 3 is 2.84 bits per heavy atom. The van der Waals surface area contributed by atoms with E-state index in [9.17, 15) is 8.78 Å². The summed E-state index contributed by atoms with van der Waals surface area (Å²) in [5.74, 6) is -1.22. The first-order valence-corrected chi connectivity index (χ1v) is 6.78. The minimum atomic E-state index is -0.612. The predicted octanol–water partition coefficient (Wildman–Crippen LogP) is 3.95. The van der Waals surface area contributed by atoms with Gasteiger partial charge in [0.2, 0.25) is 0 Å². The topological polar surface area (TPSA) is 29.9 Å². The number of anilines is 1. The summed E-state index contributed by atoms with van der Waals surface area (Å²) < 4.78 is 28.9. The summed E-state index contributed by atoms with van der Waals surface area (Å²) in [6.45, 7) is 3.38. The highest BCUT2D eigenvalue weighted by Crippen LogP contribution is 2.24. The van der Waals surface area contributed by atoms with Crippen LogP contribution in [-0.2, 0) is 13.1 Å². The maximum absolute atomic E-state index is 13.6. The van der Waals surface area contributed by atoms with Crippen LogP contribution in [0, 0.1) is 11.6 Å². The second kappa shape index (κ2) is 6.14. The molecule has 0 saturated heterocycles. The fraction of sp³-hybridized carbons (Fsp3) is 0.308. The normalized spacial score (nSPS) is 10.7. The summed E-state index contributed by atoms with van der Waals surface area (Å²) in [5.41, 5.74) is 1.22. The number of hydrogen-bond donors (Lipinski definition) is 1. The van der Waals surface area contributed by atoms with Gasteiger partial charge in [0.25, 0.3) is 0 Å². The van der Waals surface area contributed by atoms with E-state index < -0.39 is 11.6 Å². The van der Waals surface area contributed by atoms with Gasteiger partial charge in [-0.3, -0.25) is 0 Å². The Bertz CT molecular complexity index is 569. The molecule has 102 valence electrons. The van der Waals surface area contributed by atoms with E-state index in [0.717, 1.165) is 24.7 Å². The Kier molecular flexibility index (Phi) is 4.52. The van der Waals surface area contributed by atoms with Crippen LogP contribution in [-0.4, -0.2) is 9.55 Å². The minimum Gasteiger partial charge on any atom is -0.377 e. The van der Waals surface area contributed by atoms with Crippen molar-refractivity contribution >= 4 is 21.6 Å². The molecule has 0 aliphatic heterocycles. The second-order valence-electron chi connectivity index (χ2n) is 4.18. The van der Waals surface area contributed by atoms with Crippen LogP contribution in [0.1, 0.15) is 19.0 Å². The number of nitrogens with one attached hydrogen (secondary N) is 1. The van der Waals surface area contributed by atoms with E-state index in [2.05, 4.69) is 33.2 Å². The third-order valence-corrected chi connectivity index (χ3v) is 3.34. The first-order valence-electron chi connectivity index (χ1n) is 5.99. The molecule has 1 aromatic heterocycles. The van der Waals surface area contributed by atoms with E-state index in [1.807, 2.05) is 4.57 Å². The number of hydrogen-bond acceptors (Lipinski definition) is 2. The van der Waals surface area contributed by atoms with Crippen molar-refractivity contribution in [2.45, 2.75) is 26.4 Å². The first-order chi connectivity index (χ1) is 9.11. The molecule has 1 heterocycles. The zero-order valence-corrected chi connectivity index (χ0v) is 12.0. The number of aromatic nitrogens is 2. The van der Waals surface area contributed by atoms with Gasteiger partial charge in [0, 0.05) is 18.8 Å². The molecule has 0 amide bonds. The van der Waals surface area contributed by atoms with Gasteiger partial charge in [0.05, 0.1) is 28.7 Å². The molecule has 0 unspecified atom stereocenters. The summed E-state index contributed by atoms with van der Waals surface area (Å²) in [5, 5.41) is 2.95. The van der Waals surface area contributed by atoms with Gasteiger partial charge in [-0.2, -0.15) is 0 Å². The molecule has 0 bridgehead atoms. The number of halogens is 3. The van der Waals surface area contributed by atoms with Crippen LogP contribution in [0.15, 0.2) is 29.1 Å². The molecule has 0 aliphatic rings. The molecule has 0 aliphatic carbocycles. The van der Waals surface area contributed by atoms with Gasteiger partial charge < -0.3 is 9.88 Å². The maximum Gasteiger partial charge on any atom is 0.149 e. The molecule has 0 spiro atoms. The molecular weight excluding hydrogens is 316 g/mol. The lowest BCUT2D eigenvalue weighted by Crippen LogP contribution is -2.08. The van der Waals surface area contributed by atoms with Crippen molar-refractivity contribution in [3.63, 3.8) is 0 Å². The van der Waals surface area contributed by atoms with Gasteiger partial charge >= 0.3 is 0 Å². The fourth-order valence-electron chi connectivity index (χ4n) is 1.78. The third kappa shape index (κ3) is 3.32. The second-order valence-corrected chi connectivity index (χ2v) is 5.03. The van der Waals surface area contributed by atoms with E-state index >= 15 is 0 Å². The third-order valence-electron chi connectivity index (χ3n) is 2.73. The fourth-order valence-corrected chi connectivity index (χ4v) is 2.12. The van der Waals surface area contributed by atoms with E-state index in [0.29, 0.717) is 6.54 Å². The van der Waals surface area contributed by atoms with E-state index in [1.54, 1.807) is 12.5 Å². The molecule has 6 heteroatoms. The number of rotatable bonds is 5. The summed E-state index contributed by atoms with van der Waals surface area (Å²) in [7, 11) is 0. The van der Waals surface area contributed by atoms with Crippen molar-refractivity contribution in [1.82, 2.24) is 9.55 Å². The summed E-state index contributed by atoms with van der Waals surface area (Å²) in [4.78, 5) is 4.07. The molecule has 3 nitrogen and oxygen atoms in total. The van der Waals surface area contributed by atoms with E-state index in [-0.39, 0.29) is 10.2 Å². The Hall–Kier alpha value is -1.43. The summed E-state index contributed by atoms with van der Waals surface area (Å²) in [6, 6.07) is 2.25. The average molecular weight is 330 g/mol. The molecule has 2 rings (SSSR count). The molecule has 0 saturated carbocycles. The van der Waals surface area contributed by atoms with Gasteiger partial charge in [-0.15, -0.1) is 0 Å². The van der Waals surface area contributed by atoms with Crippen molar-refractivity contribution in [2.75, 3.05) is 5.32 Å². The Labute approximate surface area is 118 Å².